The van der Waals surface area contributed by atoms with Gasteiger partial charge in [-0.05, 0) is 43.4 Å². The number of hydrogen-bond donors (Lipinski definition) is 2. The highest BCUT2D eigenvalue weighted by Gasteiger charge is 2.27. The van der Waals surface area contributed by atoms with Crippen molar-refractivity contribution < 1.29 is 19.0 Å². The predicted molar refractivity (Wildman–Crippen MR) is 123 cm³/mol. The first-order valence-electron chi connectivity index (χ1n) is 9.94. The molecule has 0 saturated carbocycles. The summed E-state index contributed by atoms with van der Waals surface area (Å²) >= 11 is 2.80. The number of amides is 1. The minimum absolute atomic E-state index is 0.0931. The van der Waals surface area contributed by atoms with Crippen molar-refractivity contribution in [3.05, 3.63) is 35.5 Å². The second-order valence-corrected chi connectivity index (χ2v) is 8.83. The van der Waals surface area contributed by atoms with Crippen LogP contribution in [0, 0.1) is 5.82 Å². The lowest BCUT2D eigenvalue weighted by Crippen LogP contribution is -2.44. The lowest BCUT2D eigenvalue weighted by atomic mass is 10.1. The van der Waals surface area contributed by atoms with Gasteiger partial charge < -0.3 is 20.1 Å². The van der Waals surface area contributed by atoms with E-state index in [4.69, 9.17) is 9.72 Å². The van der Waals surface area contributed by atoms with Crippen molar-refractivity contribution in [1.82, 2.24) is 19.9 Å². The molecule has 1 fully saturated rings. The highest BCUT2D eigenvalue weighted by Crippen LogP contribution is 2.39. The fourth-order valence-corrected chi connectivity index (χ4v) is 4.78. The van der Waals surface area contributed by atoms with Crippen LogP contribution in [0.2, 0.25) is 0 Å². The summed E-state index contributed by atoms with van der Waals surface area (Å²) in [6.07, 6.45) is 2.54. The normalized spacial score (nSPS) is 16.1. The summed E-state index contributed by atoms with van der Waals surface area (Å²) in [4.78, 5) is 26.7. The van der Waals surface area contributed by atoms with E-state index in [1.807, 2.05) is 11.6 Å². The number of methoxy groups -OCH3 is 1. The Morgan fingerprint density at radius 1 is 1.31 bits per heavy atom. The van der Waals surface area contributed by atoms with Crippen LogP contribution in [0.3, 0.4) is 0 Å². The molecule has 1 atom stereocenters. The zero-order chi connectivity index (χ0) is 22.7. The molecule has 0 spiro atoms. The van der Waals surface area contributed by atoms with Gasteiger partial charge in [-0.25, -0.2) is 19.2 Å². The molecule has 11 heteroatoms. The molecule has 1 aromatic carbocycles. The summed E-state index contributed by atoms with van der Waals surface area (Å²) in [6, 6.07) is 6.07. The van der Waals surface area contributed by atoms with E-state index in [1.165, 1.54) is 40.1 Å². The summed E-state index contributed by atoms with van der Waals surface area (Å²) in [5.41, 5.74) is 2.13. The average molecular weight is 476 g/mol. The van der Waals surface area contributed by atoms with Gasteiger partial charge in [-0.2, -0.15) is 4.98 Å². The van der Waals surface area contributed by atoms with Crippen LogP contribution in [0.25, 0.3) is 21.8 Å². The molecule has 1 aliphatic heterocycles. The van der Waals surface area contributed by atoms with Gasteiger partial charge in [0.2, 0.25) is 5.88 Å². The average Bonchev–Trinajstić information content (AvgIpc) is 3.28. The molecule has 2 N–H and O–H groups in total. The van der Waals surface area contributed by atoms with Crippen molar-refractivity contribution in [1.29, 1.82) is 0 Å². The lowest BCUT2D eigenvalue weighted by Gasteiger charge is -2.31. The van der Waals surface area contributed by atoms with Crippen molar-refractivity contribution in [2.24, 2.45) is 0 Å². The van der Waals surface area contributed by atoms with E-state index in [0.29, 0.717) is 46.2 Å². The number of anilines is 1. The SMILES string of the molecule is COc1nc(SC)nc(N[C@@H]2CCCN(C(=O)O)C2)c1-c1nc(-c2ccc(F)cc2)cs1. The molecule has 3 aromatic rings. The molecule has 1 amide bonds. The summed E-state index contributed by atoms with van der Waals surface area (Å²) in [7, 11) is 1.54. The van der Waals surface area contributed by atoms with Gasteiger partial charge in [0.05, 0.1) is 12.8 Å². The van der Waals surface area contributed by atoms with Gasteiger partial charge in [-0.1, -0.05) is 11.8 Å². The Hall–Kier alpha value is -2.92. The van der Waals surface area contributed by atoms with Crippen molar-refractivity contribution >= 4 is 35.0 Å². The van der Waals surface area contributed by atoms with Crippen LogP contribution >= 0.6 is 23.1 Å². The smallest absolute Gasteiger partial charge is 0.407 e. The molecule has 32 heavy (non-hydrogen) atoms. The van der Waals surface area contributed by atoms with Crippen LogP contribution in [-0.4, -0.2) is 63.5 Å². The predicted octanol–water partition coefficient (Wildman–Crippen LogP) is 4.69. The third kappa shape index (κ3) is 4.78. The van der Waals surface area contributed by atoms with Crippen LogP contribution in [0.4, 0.5) is 15.0 Å². The first-order valence-corrected chi connectivity index (χ1v) is 12.0. The number of thiazole rings is 1. The van der Waals surface area contributed by atoms with Gasteiger partial charge in [0.15, 0.2) is 5.16 Å². The number of benzene rings is 1. The Labute approximate surface area is 192 Å². The van der Waals surface area contributed by atoms with E-state index in [0.717, 1.165) is 18.4 Å². The molecule has 4 rings (SSSR count). The fourth-order valence-electron chi connectivity index (χ4n) is 3.56. The molecule has 0 bridgehead atoms. The maximum atomic E-state index is 13.3. The number of nitrogens with one attached hydrogen (secondary N) is 1. The van der Waals surface area contributed by atoms with Crippen LogP contribution < -0.4 is 10.1 Å². The lowest BCUT2D eigenvalue weighted by molar-refractivity contribution is 0.132. The number of ether oxygens (including phenoxy) is 1. The molecule has 3 heterocycles. The molecule has 1 saturated heterocycles. The minimum Gasteiger partial charge on any atom is -0.480 e. The molecule has 2 aromatic heterocycles. The molecule has 8 nitrogen and oxygen atoms in total. The summed E-state index contributed by atoms with van der Waals surface area (Å²) in [5.74, 6) is 0.637. The zero-order valence-electron chi connectivity index (χ0n) is 17.5. The van der Waals surface area contributed by atoms with Crippen LogP contribution in [-0.2, 0) is 0 Å². The van der Waals surface area contributed by atoms with Gasteiger partial charge >= 0.3 is 6.09 Å². The summed E-state index contributed by atoms with van der Waals surface area (Å²) < 4.78 is 18.9. The number of thioether (sulfide) groups is 1. The molecule has 0 aliphatic carbocycles. The minimum atomic E-state index is -0.925. The van der Waals surface area contributed by atoms with E-state index in [-0.39, 0.29) is 11.9 Å². The number of nitrogens with zero attached hydrogens (tertiary/aromatic N) is 4. The van der Waals surface area contributed by atoms with Gasteiger partial charge in [0, 0.05) is 30.1 Å². The van der Waals surface area contributed by atoms with Crippen LogP contribution in [0.5, 0.6) is 5.88 Å². The van der Waals surface area contributed by atoms with Gasteiger partial charge in [-0.3, -0.25) is 0 Å². The Morgan fingerprint density at radius 2 is 2.09 bits per heavy atom. The van der Waals surface area contributed by atoms with Gasteiger partial charge in [0.1, 0.15) is 22.2 Å². The number of carbonyl (C=O) groups is 1. The van der Waals surface area contributed by atoms with E-state index in [9.17, 15) is 14.3 Å². The number of piperidine rings is 1. The molecular weight excluding hydrogens is 453 g/mol. The Kier molecular flexibility index (Phi) is 6.75. The Bertz CT molecular complexity index is 1110. The number of hydrogen-bond acceptors (Lipinski definition) is 8. The van der Waals surface area contributed by atoms with E-state index in [2.05, 4.69) is 15.3 Å². The standard InChI is InChI=1S/C21H22FN5O3S2/c1-30-18-16(19-24-15(11-32-19)12-5-7-13(22)8-6-12)17(25-20(26-18)31-2)23-14-4-3-9-27(10-14)21(28)29/h5-8,11,14H,3-4,9-10H2,1-2H3,(H,28,29)(H,23,25,26)/t14-/m1/s1. The fraction of sp³-hybridized carbons (Fsp3) is 0.333. The van der Waals surface area contributed by atoms with Crippen molar-refractivity contribution in [3.63, 3.8) is 0 Å². The molecule has 1 aliphatic rings. The first kappa shape index (κ1) is 22.3. The highest BCUT2D eigenvalue weighted by atomic mass is 32.2. The summed E-state index contributed by atoms with van der Waals surface area (Å²) in [6.45, 7) is 0.894. The topological polar surface area (TPSA) is 100 Å². The van der Waals surface area contributed by atoms with Crippen LogP contribution in [0.15, 0.2) is 34.8 Å². The number of rotatable bonds is 6. The third-order valence-electron chi connectivity index (χ3n) is 5.12. The van der Waals surface area contributed by atoms with E-state index < -0.39 is 6.09 Å². The molecular formula is C21H22FN5O3S2. The number of likely N-dealkylation sites (tertiary alicyclic amines) is 1. The molecule has 0 radical (unpaired) electrons. The quantitative estimate of drug-likeness (QED) is 0.391. The number of carboxylic acid groups (broad SMARTS) is 1. The first-order chi connectivity index (χ1) is 15.5. The number of halogens is 1. The monoisotopic (exact) mass is 475 g/mol. The maximum Gasteiger partial charge on any atom is 0.407 e. The molecule has 0 unspecified atom stereocenters. The van der Waals surface area contributed by atoms with E-state index >= 15 is 0 Å². The van der Waals surface area contributed by atoms with Gasteiger partial charge in [-0.15, -0.1) is 11.3 Å². The second kappa shape index (κ2) is 9.70. The zero-order valence-corrected chi connectivity index (χ0v) is 19.2. The van der Waals surface area contributed by atoms with E-state index in [1.54, 1.807) is 19.2 Å². The highest BCUT2D eigenvalue weighted by molar-refractivity contribution is 7.98. The Balaban J connectivity index is 1.71. The number of aromatic nitrogens is 3. The van der Waals surface area contributed by atoms with Crippen molar-refractivity contribution in [2.75, 3.05) is 31.8 Å². The molecule has 168 valence electrons. The Morgan fingerprint density at radius 3 is 2.78 bits per heavy atom. The second-order valence-electron chi connectivity index (χ2n) is 7.20. The van der Waals surface area contributed by atoms with Crippen LogP contribution in [0.1, 0.15) is 12.8 Å². The van der Waals surface area contributed by atoms with Crippen molar-refractivity contribution in [3.8, 4) is 27.7 Å². The maximum absolute atomic E-state index is 13.3. The summed E-state index contributed by atoms with van der Waals surface area (Å²) in [5, 5.41) is 15.9. The third-order valence-corrected chi connectivity index (χ3v) is 6.53. The largest absolute Gasteiger partial charge is 0.480 e. The van der Waals surface area contributed by atoms with Gasteiger partial charge in [0.25, 0.3) is 0 Å². The van der Waals surface area contributed by atoms with Crippen molar-refractivity contribution in [2.45, 2.75) is 24.0 Å².